The van der Waals surface area contributed by atoms with Gasteiger partial charge in [0.05, 0.1) is 12.0 Å². The van der Waals surface area contributed by atoms with Gasteiger partial charge in [-0.3, -0.25) is 9.59 Å². The third-order valence-corrected chi connectivity index (χ3v) is 6.37. The maximum atomic E-state index is 13.7. The number of benzene rings is 3. The van der Waals surface area contributed by atoms with Crippen LogP contribution in [0.3, 0.4) is 0 Å². The average molecular weight is 396 g/mol. The molecule has 2 aliphatic heterocycles. The molecule has 0 radical (unpaired) electrons. The van der Waals surface area contributed by atoms with E-state index in [9.17, 15) is 9.59 Å². The van der Waals surface area contributed by atoms with Crippen molar-refractivity contribution in [2.75, 3.05) is 11.9 Å². The van der Waals surface area contributed by atoms with Crippen molar-refractivity contribution < 1.29 is 9.59 Å². The highest BCUT2D eigenvalue weighted by Gasteiger charge is 2.46. The number of rotatable bonds is 3. The number of carbonyl (C=O) groups is 2. The first-order valence-electron chi connectivity index (χ1n) is 10.6. The number of amides is 2. The highest BCUT2D eigenvalue weighted by Crippen LogP contribution is 2.46. The summed E-state index contributed by atoms with van der Waals surface area (Å²) in [6.45, 7) is 2.71. The summed E-state index contributed by atoms with van der Waals surface area (Å²) in [4.78, 5) is 28.9. The first-order chi connectivity index (χ1) is 14.7. The number of hydrogen-bond acceptors (Lipinski definition) is 2. The van der Waals surface area contributed by atoms with Crippen LogP contribution in [0.4, 0.5) is 5.69 Å². The fourth-order valence-corrected chi connectivity index (χ4v) is 4.92. The summed E-state index contributed by atoms with van der Waals surface area (Å²) < 4.78 is 0. The van der Waals surface area contributed by atoms with Crippen molar-refractivity contribution in [3.8, 4) is 0 Å². The van der Waals surface area contributed by atoms with E-state index in [0.717, 1.165) is 35.2 Å². The molecule has 0 unspecified atom stereocenters. The molecule has 0 aromatic heterocycles. The van der Waals surface area contributed by atoms with Crippen LogP contribution in [0.5, 0.6) is 0 Å². The van der Waals surface area contributed by atoms with E-state index in [4.69, 9.17) is 0 Å². The quantitative estimate of drug-likeness (QED) is 0.696. The molecule has 150 valence electrons. The van der Waals surface area contributed by atoms with Crippen molar-refractivity contribution in [1.29, 1.82) is 0 Å². The molecule has 4 nitrogen and oxygen atoms in total. The van der Waals surface area contributed by atoms with Crippen LogP contribution in [0, 0.1) is 0 Å². The molecule has 3 aromatic carbocycles. The molecular formula is C26H24N2O2. The Morgan fingerprint density at radius 1 is 0.967 bits per heavy atom. The summed E-state index contributed by atoms with van der Waals surface area (Å²) >= 11 is 0. The second kappa shape index (κ2) is 7.45. The summed E-state index contributed by atoms with van der Waals surface area (Å²) in [5.74, 6) is -0.504. The first-order valence-corrected chi connectivity index (χ1v) is 10.6. The molecule has 0 fully saturated rings. The molecule has 2 heterocycles. The molecule has 30 heavy (non-hydrogen) atoms. The largest absolute Gasteiger partial charge is 0.330 e. The molecule has 4 heteroatoms. The summed E-state index contributed by atoms with van der Waals surface area (Å²) in [7, 11) is 0. The maximum absolute atomic E-state index is 13.7. The van der Waals surface area contributed by atoms with Gasteiger partial charge >= 0.3 is 0 Å². The maximum Gasteiger partial charge on any atom is 0.254 e. The Bertz CT molecular complexity index is 1140. The molecule has 3 aromatic rings. The van der Waals surface area contributed by atoms with Crippen molar-refractivity contribution in [3.63, 3.8) is 0 Å². The minimum Gasteiger partial charge on any atom is -0.330 e. The third-order valence-electron chi connectivity index (χ3n) is 6.37. The SMILES string of the molecule is CCc1ccccc1NC(=O)[C@@H]1c2ccccc2C(=O)N2CCc3ccccc3[C@@H]12. The van der Waals surface area contributed by atoms with Crippen molar-refractivity contribution in [2.45, 2.75) is 31.7 Å². The average Bonchev–Trinajstić information content (AvgIpc) is 2.79. The van der Waals surface area contributed by atoms with Gasteiger partial charge in [0.1, 0.15) is 0 Å². The summed E-state index contributed by atoms with van der Waals surface area (Å²) in [5, 5.41) is 3.17. The zero-order valence-corrected chi connectivity index (χ0v) is 17.0. The van der Waals surface area contributed by atoms with Gasteiger partial charge in [0.15, 0.2) is 0 Å². The van der Waals surface area contributed by atoms with E-state index in [2.05, 4.69) is 24.4 Å². The fraction of sp³-hybridized carbons (Fsp3) is 0.231. The number of anilines is 1. The number of para-hydroxylation sites is 1. The van der Waals surface area contributed by atoms with Gasteiger partial charge in [0.2, 0.25) is 5.91 Å². The van der Waals surface area contributed by atoms with Crippen LogP contribution in [0.2, 0.25) is 0 Å². The van der Waals surface area contributed by atoms with Gasteiger partial charge < -0.3 is 10.2 Å². The van der Waals surface area contributed by atoms with Crippen molar-refractivity contribution in [1.82, 2.24) is 4.90 Å². The number of carbonyl (C=O) groups excluding carboxylic acids is 2. The van der Waals surface area contributed by atoms with Crippen molar-refractivity contribution in [2.24, 2.45) is 0 Å². The van der Waals surface area contributed by atoms with E-state index in [1.54, 1.807) is 0 Å². The smallest absolute Gasteiger partial charge is 0.254 e. The van der Waals surface area contributed by atoms with Gasteiger partial charge in [0.25, 0.3) is 5.91 Å². The fourth-order valence-electron chi connectivity index (χ4n) is 4.92. The normalized spacial score (nSPS) is 19.5. The van der Waals surface area contributed by atoms with Gasteiger partial charge in [-0.15, -0.1) is 0 Å². The molecule has 0 spiro atoms. The van der Waals surface area contributed by atoms with E-state index >= 15 is 0 Å². The lowest BCUT2D eigenvalue weighted by Gasteiger charge is -2.45. The lowest BCUT2D eigenvalue weighted by molar-refractivity contribution is -0.119. The van der Waals surface area contributed by atoms with E-state index in [1.807, 2.05) is 65.6 Å². The Labute approximate surface area is 176 Å². The predicted octanol–water partition coefficient (Wildman–Crippen LogP) is 4.72. The van der Waals surface area contributed by atoms with Crippen molar-refractivity contribution >= 4 is 17.5 Å². The second-order valence-electron chi connectivity index (χ2n) is 7.96. The van der Waals surface area contributed by atoms with Gasteiger partial charge in [-0.25, -0.2) is 0 Å². The van der Waals surface area contributed by atoms with Gasteiger partial charge in [-0.2, -0.15) is 0 Å². The Balaban J connectivity index is 1.63. The molecule has 0 bridgehead atoms. The van der Waals surface area contributed by atoms with Gasteiger partial charge in [-0.05, 0) is 47.2 Å². The molecule has 2 aliphatic rings. The Morgan fingerprint density at radius 3 is 2.50 bits per heavy atom. The lowest BCUT2D eigenvalue weighted by Crippen LogP contribution is -2.49. The molecule has 5 rings (SSSR count). The zero-order valence-electron chi connectivity index (χ0n) is 17.0. The molecule has 2 amide bonds. The number of nitrogens with one attached hydrogen (secondary N) is 1. The van der Waals surface area contributed by atoms with E-state index in [1.165, 1.54) is 5.56 Å². The summed E-state index contributed by atoms with van der Waals surface area (Å²) in [5.41, 5.74) is 5.69. The minimum absolute atomic E-state index is 0.0168. The van der Waals surface area contributed by atoms with E-state index < -0.39 is 5.92 Å². The second-order valence-corrected chi connectivity index (χ2v) is 7.96. The Hall–Kier alpha value is -3.40. The molecule has 0 saturated carbocycles. The minimum atomic E-state index is -0.453. The van der Waals surface area contributed by atoms with E-state index in [-0.39, 0.29) is 17.9 Å². The molecular weight excluding hydrogens is 372 g/mol. The number of hydrogen-bond donors (Lipinski definition) is 1. The zero-order chi connectivity index (χ0) is 20.7. The highest BCUT2D eigenvalue weighted by molar-refractivity contribution is 6.04. The van der Waals surface area contributed by atoms with Crippen molar-refractivity contribution in [3.05, 3.63) is 101 Å². The van der Waals surface area contributed by atoms with Crippen LogP contribution in [0.15, 0.2) is 72.8 Å². The third kappa shape index (κ3) is 2.91. The summed E-state index contributed by atoms with van der Waals surface area (Å²) in [6, 6.07) is 23.4. The van der Waals surface area contributed by atoms with Gasteiger partial charge in [0, 0.05) is 17.8 Å². The van der Waals surface area contributed by atoms with Crippen LogP contribution < -0.4 is 5.32 Å². The Morgan fingerprint density at radius 2 is 1.67 bits per heavy atom. The monoisotopic (exact) mass is 396 g/mol. The topological polar surface area (TPSA) is 49.4 Å². The number of nitrogens with zero attached hydrogens (tertiary/aromatic N) is 1. The number of fused-ring (bicyclic) bond motifs is 4. The number of aryl methyl sites for hydroxylation is 1. The van der Waals surface area contributed by atoms with Crippen LogP contribution in [-0.4, -0.2) is 23.3 Å². The van der Waals surface area contributed by atoms with E-state index in [0.29, 0.717) is 12.1 Å². The first kappa shape index (κ1) is 18.6. The standard InChI is InChI=1S/C26H24N2O2/c1-2-17-9-4-8-14-22(17)27-25(29)23-20-12-6-7-13-21(20)26(30)28-16-15-18-10-3-5-11-19(18)24(23)28/h3-14,23-24H,2,15-16H2,1H3,(H,27,29)/t23-,24+/m1/s1. The molecule has 1 N–H and O–H groups in total. The van der Waals surface area contributed by atoms with Crippen LogP contribution >= 0.6 is 0 Å². The molecule has 0 saturated heterocycles. The predicted molar refractivity (Wildman–Crippen MR) is 118 cm³/mol. The lowest BCUT2D eigenvalue weighted by atomic mass is 9.76. The van der Waals surface area contributed by atoms with Crippen LogP contribution in [-0.2, 0) is 17.6 Å². The van der Waals surface area contributed by atoms with Crippen LogP contribution in [0.1, 0.15) is 51.5 Å². The van der Waals surface area contributed by atoms with Gasteiger partial charge in [-0.1, -0.05) is 67.6 Å². The summed E-state index contributed by atoms with van der Waals surface area (Å²) in [6.07, 6.45) is 1.65. The van der Waals surface area contributed by atoms with Crippen LogP contribution in [0.25, 0.3) is 0 Å². The highest BCUT2D eigenvalue weighted by atomic mass is 16.2. The molecule has 2 atom stereocenters. The Kier molecular flexibility index (Phi) is 4.62. The molecule has 0 aliphatic carbocycles.